The van der Waals surface area contributed by atoms with Gasteiger partial charge < -0.3 is 4.90 Å². The molecule has 3 heteroatoms. The highest BCUT2D eigenvalue weighted by molar-refractivity contribution is 6.30. The van der Waals surface area contributed by atoms with Crippen molar-refractivity contribution >= 4 is 17.3 Å². The molecule has 0 aliphatic carbocycles. The van der Waals surface area contributed by atoms with E-state index in [-0.39, 0.29) is 5.82 Å². The second-order valence-corrected chi connectivity index (χ2v) is 2.93. The van der Waals surface area contributed by atoms with Gasteiger partial charge in [-0.15, -0.1) is 0 Å². The van der Waals surface area contributed by atoms with E-state index < -0.39 is 0 Å². The van der Waals surface area contributed by atoms with Gasteiger partial charge in [0.1, 0.15) is 5.82 Å². The van der Waals surface area contributed by atoms with Gasteiger partial charge in [0.2, 0.25) is 0 Å². The summed E-state index contributed by atoms with van der Waals surface area (Å²) in [6.45, 7) is 0. The first-order chi connectivity index (χ1) is 5.11. The lowest BCUT2D eigenvalue weighted by Gasteiger charge is -2.12. The number of hydrogen-bond acceptors (Lipinski definition) is 1. The van der Waals surface area contributed by atoms with Crippen molar-refractivity contribution in [3.63, 3.8) is 0 Å². The zero-order valence-electron chi connectivity index (χ0n) is 6.44. The van der Waals surface area contributed by atoms with Crippen LogP contribution in [0, 0.1) is 5.82 Å². The third-order valence-electron chi connectivity index (χ3n) is 1.39. The van der Waals surface area contributed by atoms with Crippen molar-refractivity contribution in [2.24, 2.45) is 0 Å². The standard InChI is InChI=1S/C8H9ClFN/c1-11(2)8-4-3-6(9)5-7(8)10/h3-5H,1-2H3. The minimum absolute atomic E-state index is 0.289. The Labute approximate surface area is 70.4 Å². The van der Waals surface area contributed by atoms with Gasteiger partial charge in [-0.05, 0) is 18.2 Å². The van der Waals surface area contributed by atoms with Crippen LogP contribution >= 0.6 is 11.6 Å². The van der Waals surface area contributed by atoms with Crippen LogP contribution < -0.4 is 4.90 Å². The van der Waals surface area contributed by atoms with E-state index in [4.69, 9.17) is 11.6 Å². The summed E-state index contributed by atoms with van der Waals surface area (Å²) in [7, 11) is 3.57. The Morgan fingerprint density at radius 2 is 2.00 bits per heavy atom. The molecule has 0 saturated heterocycles. The van der Waals surface area contributed by atoms with E-state index in [0.29, 0.717) is 10.7 Å². The van der Waals surface area contributed by atoms with Crippen molar-refractivity contribution < 1.29 is 4.39 Å². The molecule has 0 atom stereocenters. The van der Waals surface area contributed by atoms with E-state index in [2.05, 4.69) is 0 Å². The Morgan fingerprint density at radius 3 is 2.45 bits per heavy atom. The largest absolute Gasteiger partial charge is 0.375 e. The lowest BCUT2D eigenvalue weighted by molar-refractivity contribution is 0.626. The average molecular weight is 174 g/mol. The molecule has 1 aromatic rings. The highest BCUT2D eigenvalue weighted by Crippen LogP contribution is 2.20. The molecule has 0 aliphatic heterocycles. The maximum atomic E-state index is 13.0. The summed E-state index contributed by atoms with van der Waals surface area (Å²) in [4.78, 5) is 1.70. The molecule has 1 aromatic carbocycles. The van der Waals surface area contributed by atoms with Crippen molar-refractivity contribution in [1.29, 1.82) is 0 Å². The molecule has 60 valence electrons. The quantitative estimate of drug-likeness (QED) is 0.631. The summed E-state index contributed by atoms with van der Waals surface area (Å²) in [5.74, 6) is -0.289. The molecule has 0 N–H and O–H groups in total. The van der Waals surface area contributed by atoms with E-state index in [1.807, 2.05) is 0 Å². The molecule has 0 aliphatic rings. The maximum absolute atomic E-state index is 13.0. The monoisotopic (exact) mass is 173 g/mol. The van der Waals surface area contributed by atoms with Crippen molar-refractivity contribution in [3.05, 3.63) is 29.0 Å². The molecule has 0 amide bonds. The van der Waals surface area contributed by atoms with Gasteiger partial charge >= 0.3 is 0 Å². The van der Waals surface area contributed by atoms with Gasteiger partial charge in [-0.1, -0.05) is 11.6 Å². The summed E-state index contributed by atoms with van der Waals surface area (Å²) < 4.78 is 13.0. The van der Waals surface area contributed by atoms with E-state index in [1.165, 1.54) is 6.07 Å². The van der Waals surface area contributed by atoms with Crippen LogP contribution in [0.15, 0.2) is 18.2 Å². The lowest BCUT2D eigenvalue weighted by Crippen LogP contribution is -2.10. The maximum Gasteiger partial charge on any atom is 0.147 e. The van der Waals surface area contributed by atoms with Gasteiger partial charge in [-0.3, -0.25) is 0 Å². The van der Waals surface area contributed by atoms with Crippen LogP contribution in [0.25, 0.3) is 0 Å². The number of halogens is 2. The first-order valence-electron chi connectivity index (χ1n) is 3.23. The molecule has 0 unspecified atom stereocenters. The SMILES string of the molecule is CN(C)c1ccc(Cl)cc1F. The molecule has 0 radical (unpaired) electrons. The summed E-state index contributed by atoms with van der Waals surface area (Å²) in [6.07, 6.45) is 0. The molecule has 0 heterocycles. The predicted molar refractivity (Wildman–Crippen MR) is 45.7 cm³/mol. The Balaban J connectivity index is 3.09. The van der Waals surface area contributed by atoms with Gasteiger partial charge in [0.25, 0.3) is 0 Å². The normalized spacial score (nSPS) is 9.82. The topological polar surface area (TPSA) is 3.24 Å². The third-order valence-corrected chi connectivity index (χ3v) is 1.63. The van der Waals surface area contributed by atoms with Gasteiger partial charge in [-0.25, -0.2) is 4.39 Å². The van der Waals surface area contributed by atoms with Crippen molar-refractivity contribution in [3.8, 4) is 0 Å². The number of rotatable bonds is 1. The first kappa shape index (κ1) is 8.34. The molecule has 0 spiro atoms. The number of benzene rings is 1. The van der Waals surface area contributed by atoms with Gasteiger partial charge in [0.05, 0.1) is 5.69 Å². The highest BCUT2D eigenvalue weighted by atomic mass is 35.5. The molecule has 1 nitrogen and oxygen atoms in total. The summed E-state index contributed by atoms with van der Waals surface area (Å²) >= 11 is 5.56. The fourth-order valence-electron chi connectivity index (χ4n) is 0.844. The summed E-state index contributed by atoms with van der Waals surface area (Å²) in [5.41, 5.74) is 0.550. The van der Waals surface area contributed by atoms with Crippen molar-refractivity contribution in [1.82, 2.24) is 0 Å². The first-order valence-corrected chi connectivity index (χ1v) is 3.61. The highest BCUT2D eigenvalue weighted by Gasteiger charge is 2.02. The molecule has 0 bridgehead atoms. The molecule has 0 fully saturated rings. The average Bonchev–Trinajstić information content (AvgIpc) is 1.85. The van der Waals surface area contributed by atoms with Crippen LogP contribution in [-0.4, -0.2) is 14.1 Å². The zero-order chi connectivity index (χ0) is 8.43. The van der Waals surface area contributed by atoms with Crippen LogP contribution in [-0.2, 0) is 0 Å². The fourth-order valence-corrected chi connectivity index (χ4v) is 1.00. The molecule has 0 saturated carbocycles. The summed E-state index contributed by atoms with van der Waals surface area (Å²) in [6, 6.07) is 4.62. The van der Waals surface area contributed by atoms with Gasteiger partial charge in [0, 0.05) is 19.1 Å². The Bertz CT molecular complexity index is 260. The van der Waals surface area contributed by atoms with Gasteiger partial charge in [0.15, 0.2) is 0 Å². The van der Waals surface area contributed by atoms with Crippen molar-refractivity contribution in [2.75, 3.05) is 19.0 Å². The lowest BCUT2D eigenvalue weighted by atomic mass is 10.3. The van der Waals surface area contributed by atoms with Crippen LogP contribution in [0.1, 0.15) is 0 Å². The molecule has 11 heavy (non-hydrogen) atoms. The molecule has 1 rings (SSSR count). The second kappa shape index (κ2) is 3.09. The number of hydrogen-bond donors (Lipinski definition) is 0. The number of nitrogens with zero attached hydrogens (tertiary/aromatic N) is 1. The second-order valence-electron chi connectivity index (χ2n) is 2.49. The molecule has 0 aromatic heterocycles. The van der Waals surface area contributed by atoms with Crippen LogP contribution in [0.5, 0.6) is 0 Å². The fraction of sp³-hybridized carbons (Fsp3) is 0.250. The Kier molecular flexibility index (Phi) is 2.35. The Morgan fingerprint density at radius 1 is 1.36 bits per heavy atom. The molecular formula is C8H9ClFN. The Hall–Kier alpha value is -0.760. The smallest absolute Gasteiger partial charge is 0.147 e. The third kappa shape index (κ3) is 1.84. The summed E-state index contributed by atoms with van der Waals surface area (Å²) in [5, 5.41) is 0.424. The van der Waals surface area contributed by atoms with E-state index in [0.717, 1.165) is 0 Å². The van der Waals surface area contributed by atoms with E-state index >= 15 is 0 Å². The minimum atomic E-state index is -0.289. The van der Waals surface area contributed by atoms with E-state index in [9.17, 15) is 4.39 Å². The predicted octanol–water partition coefficient (Wildman–Crippen LogP) is 2.55. The van der Waals surface area contributed by atoms with Gasteiger partial charge in [-0.2, -0.15) is 0 Å². The van der Waals surface area contributed by atoms with E-state index in [1.54, 1.807) is 31.1 Å². The van der Waals surface area contributed by atoms with Crippen LogP contribution in [0.2, 0.25) is 5.02 Å². The number of anilines is 1. The molecular weight excluding hydrogens is 165 g/mol. The van der Waals surface area contributed by atoms with Crippen LogP contribution in [0.4, 0.5) is 10.1 Å². The zero-order valence-corrected chi connectivity index (χ0v) is 7.19. The minimum Gasteiger partial charge on any atom is -0.375 e. The van der Waals surface area contributed by atoms with Crippen LogP contribution in [0.3, 0.4) is 0 Å². The van der Waals surface area contributed by atoms with Crippen molar-refractivity contribution in [2.45, 2.75) is 0 Å².